The maximum atomic E-state index is 12.4. The molecule has 1 aliphatic rings. The van der Waals surface area contributed by atoms with Gasteiger partial charge in [0, 0.05) is 33.8 Å². The molecule has 1 aliphatic heterocycles. The third-order valence-corrected chi connectivity index (χ3v) is 5.49. The first-order chi connectivity index (χ1) is 9.82. The van der Waals surface area contributed by atoms with E-state index in [0.717, 1.165) is 4.31 Å². The topological polar surface area (TPSA) is 96.4 Å². The van der Waals surface area contributed by atoms with E-state index in [-0.39, 0.29) is 38.1 Å². The normalized spacial score (nSPS) is 19.7. The van der Waals surface area contributed by atoms with Gasteiger partial charge in [-0.1, -0.05) is 0 Å². The number of likely N-dealkylation sites (N-methyl/N-ethyl adjacent to an activating group) is 1. The van der Waals surface area contributed by atoms with Crippen molar-refractivity contribution in [1.82, 2.24) is 8.61 Å². The number of nitrogens with zero attached hydrogens (tertiary/aromatic N) is 2. The average Bonchev–Trinajstić information content (AvgIpc) is 2.46. The molecule has 0 saturated carbocycles. The average molecular weight is 324 g/mol. The van der Waals surface area contributed by atoms with Crippen LogP contribution in [-0.2, 0) is 24.5 Å². The van der Waals surface area contributed by atoms with Crippen molar-refractivity contribution in [2.24, 2.45) is 5.92 Å². The lowest BCUT2D eigenvalue weighted by atomic mass is 9.99. The van der Waals surface area contributed by atoms with E-state index in [9.17, 15) is 18.3 Å². The van der Waals surface area contributed by atoms with Crippen LogP contribution in [0.25, 0.3) is 0 Å². The molecule has 1 heterocycles. The predicted molar refractivity (Wildman–Crippen MR) is 75.7 cm³/mol. The SMILES string of the molecule is COCC(O)CN(C)S(=O)(=O)N1CCC(C(=O)OC)CC1. The molecule has 1 N–H and O–H groups in total. The number of esters is 1. The Labute approximate surface area is 125 Å². The van der Waals surface area contributed by atoms with Crippen LogP contribution in [0.3, 0.4) is 0 Å². The number of ether oxygens (including phenoxy) is 2. The molecule has 1 saturated heterocycles. The van der Waals surface area contributed by atoms with Gasteiger partial charge in [0.1, 0.15) is 0 Å². The maximum absolute atomic E-state index is 12.4. The number of methoxy groups -OCH3 is 2. The van der Waals surface area contributed by atoms with Crippen molar-refractivity contribution in [2.45, 2.75) is 18.9 Å². The Hall–Kier alpha value is -0.740. The Morgan fingerprint density at radius 3 is 2.43 bits per heavy atom. The maximum Gasteiger partial charge on any atom is 0.308 e. The van der Waals surface area contributed by atoms with Gasteiger partial charge in [-0.05, 0) is 12.8 Å². The van der Waals surface area contributed by atoms with E-state index in [1.807, 2.05) is 0 Å². The zero-order valence-electron chi connectivity index (χ0n) is 12.7. The molecule has 0 aliphatic carbocycles. The summed E-state index contributed by atoms with van der Waals surface area (Å²) in [6.45, 7) is 0.580. The van der Waals surface area contributed by atoms with E-state index >= 15 is 0 Å². The second-order valence-corrected chi connectivity index (χ2v) is 7.13. The number of aliphatic hydroxyl groups is 1. The highest BCUT2D eigenvalue weighted by atomic mass is 32.2. The van der Waals surface area contributed by atoms with Crippen molar-refractivity contribution in [3.8, 4) is 0 Å². The standard InChI is InChI=1S/C12H24N2O6S/c1-13(8-11(15)9-19-2)21(17,18)14-6-4-10(5-7-14)12(16)20-3/h10-11,15H,4-9H2,1-3H3. The molecule has 8 nitrogen and oxygen atoms in total. The van der Waals surface area contributed by atoms with E-state index in [1.54, 1.807) is 0 Å². The monoisotopic (exact) mass is 324 g/mol. The van der Waals surface area contributed by atoms with Gasteiger partial charge in [-0.2, -0.15) is 17.0 Å². The molecule has 0 bridgehead atoms. The van der Waals surface area contributed by atoms with E-state index in [0.29, 0.717) is 12.8 Å². The molecule has 1 fully saturated rings. The van der Waals surface area contributed by atoms with Gasteiger partial charge in [0.05, 0.1) is 25.7 Å². The molecule has 0 spiro atoms. The number of piperidine rings is 1. The zero-order valence-corrected chi connectivity index (χ0v) is 13.5. The lowest BCUT2D eigenvalue weighted by Crippen LogP contribution is -2.48. The number of carbonyl (C=O) groups is 1. The van der Waals surface area contributed by atoms with Gasteiger partial charge >= 0.3 is 5.97 Å². The molecule has 21 heavy (non-hydrogen) atoms. The number of hydrogen-bond donors (Lipinski definition) is 1. The van der Waals surface area contributed by atoms with Crippen LogP contribution in [0.2, 0.25) is 0 Å². The van der Waals surface area contributed by atoms with Crippen molar-refractivity contribution in [1.29, 1.82) is 0 Å². The summed E-state index contributed by atoms with van der Waals surface area (Å²) in [5.41, 5.74) is 0. The molecular formula is C12H24N2O6S. The molecule has 0 radical (unpaired) electrons. The van der Waals surface area contributed by atoms with E-state index in [1.165, 1.54) is 25.6 Å². The first-order valence-electron chi connectivity index (χ1n) is 6.79. The van der Waals surface area contributed by atoms with Crippen LogP contribution < -0.4 is 0 Å². The van der Waals surface area contributed by atoms with Gasteiger partial charge in [0.25, 0.3) is 10.2 Å². The zero-order chi connectivity index (χ0) is 16.0. The van der Waals surface area contributed by atoms with Crippen molar-refractivity contribution < 1.29 is 27.8 Å². The van der Waals surface area contributed by atoms with Crippen molar-refractivity contribution in [3.63, 3.8) is 0 Å². The number of rotatable bonds is 7. The number of aliphatic hydroxyl groups excluding tert-OH is 1. The predicted octanol–water partition coefficient (Wildman–Crippen LogP) is -0.945. The minimum Gasteiger partial charge on any atom is -0.469 e. The Balaban J connectivity index is 2.58. The van der Waals surface area contributed by atoms with Gasteiger partial charge in [-0.3, -0.25) is 4.79 Å². The van der Waals surface area contributed by atoms with E-state index < -0.39 is 16.3 Å². The summed E-state index contributed by atoms with van der Waals surface area (Å²) in [7, 11) is 0.555. The molecule has 0 aromatic carbocycles. The Morgan fingerprint density at radius 2 is 1.95 bits per heavy atom. The van der Waals surface area contributed by atoms with E-state index in [4.69, 9.17) is 4.74 Å². The lowest BCUT2D eigenvalue weighted by Gasteiger charge is -2.33. The van der Waals surface area contributed by atoms with Crippen LogP contribution in [-0.4, -0.2) is 81.7 Å². The van der Waals surface area contributed by atoms with Gasteiger partial charge in [0.15, 0.2) is 0 Å². The number of carbonyl (C=O) groups excluding carboxylic acids is 1. The van der Waals surface area contributed by atoms with Crippen LogP contribution in [0.4, 0.5) is 0 Å². The summed E-state index contributed by atoms with van der Waals surface area (Å²) >= 11 is 0. The number of hydrogen-bond acceptors (Lipinski definition) is 6. The van der Waals surface area contributed by atoms with Gasteiger partial charge < -0.3 is 14.6 Å². The summed E-state index contributed by atoms with van der Waals surface area (Å²) in [5, 5.41) is 9.62. The molecular weight excluding hydrogens is 300 g/mol. The minimum absolute atomic E-state index is 0.0346. The first kappa shape index (κ1) is 18.3. The van der Waals surface area contributed by atoms with Crippen LogP contribution in [0, 0.1) is 5.92 Å². The molecule has 1 unspecified atom stereocenters. The molecule has 0 aromatic heterocycles. The van der Waals surface area contributed by atoms with Crippen LogP contribution in [0.15, 0.2) is 0 Å². The highest BCUT2D eigenvalue weighted by Crippen LogP contribution is 2.21. The van der Waals surface area contributed by atoms with Gasteiger partial charge in [-0.25, -0.2) is 0 Å². The molecule has 1 atom stereocenters. The highest BCUT2D eigenvalue weighted by Gasteiger charge is 2.34. The Bertz CT molecular complexity index is 433. The summed E-state index contributed by atoms with van der Waals surface area (Å²) in [4.78, 5) is 11.4. The molecule has 9 heteroatoms. The summed E-state index contributed by atoms with van der Waals surface area (Å²) in [6, 6.07) is 0. The quantitative estimate of drug-likeness (QED) is 0.607. The fourth-order valence-corrected chi connectivity index (χ4v) is 3.75. The Morgan fingerprint density at radius 1 is 1.38 bits per heavy atom. The summed E-state index contributed by atoms with van der Waals surface area (Å²) in [6.07, 6.45) is 0.0168. The van der Waals surface area contributed by atoms with Gasteiger partial charge in [-0.15, -0.1) is 0 Å². The van der Waals surface area contributed by atoms with Gasteiger partial charge in [0.2, 0.25) is 0 Å². The largest absolute Gasteiger partial charge is 0.469 e. The minimum atomic E-state index is -3.63. The van der Waals surface area contributed by atoms with E-state index in [2.05, 4.69) is 4.74 Å². The summed E-state index contributed by atoms with van der Waals surface area (Å²) in [5.74, 6) is -0.540. The molecule has 0 aromatic rings. The fourth-order valence-electron chi connectivity index (χ4n) is 2.32. The van der Waals surface area contributed by atoms with Crippen LogP contribution in [0.1, 0.15) is 12.8 Å². The molecule has 1 rings (SSSR count). The van der Waals surface area contributed by atoms with Crippen LogP contribution >= 0.6 is 0 Å². The van der Waals surface area contributed by atoms with Crippen molar-refractivity contribution >= 4 is 16.2 Å². The first-order valence-corrected chi connectivity index (χ1v) is 8.18. The fraction of sp³-hybridized carbons (Fsp3) is 0.917. The second kappa shape index (κ2) is 8.04. The third kappa shape index (κ3) is 4.89. The molecule has 124 valence electrons. The van der Waals surface area contributed by atoms with Crippen molar-refractivity contribution in [3.05, 3.63) is 0 Å². The smallest absolute Gasteiger partial charge is 0.308 e. The lowest BCUT2D eigenvalue weighted by molar-refractivity contribution is -0.146. The molecule has 0 amide bonds. The van der Waals surface area contributed by atoms with Crippen LogP contribution in [0.5, 0.6) is 0 Å². The third-order valence-electron chi connectivity index (χ3n) is 3.54. The van der Waals surface area contributed by atoms with Crippen molar-refractivity contribution in [2.75, 3.05) is 47.5 Å². The second-order valence-electron chi connectivity index (χ2n) is 5.09. The highest BCUT2D eigenvalue weighted by molar-refractivity contribution is 7.86. The Kier molecular flexibility index (Phi) is 7.01. The summed E-state index contributed by atoms with van der Waals surface area (Å²) < 4.78 is 36.6.